The lowest BCUT2D eigenvalue weighted by atomic mass is 10.1. The molecular weight excluding hydrogens is 358 g/mol. The standard InChI is InChI=1S/C15H19BrClNO3/c1-3-12-8-20-10(2)7-18(12)15(19)9-21-14-5-4-11(16)6-13(14)17/h4-6,10,12H,3,7-9H2,1-2H3/t10-,12-/m1/s1. The minimum absolute atomic E-state index is 0.00935. The molecule has 2 atom stereocenters. The van der Waals surface area contributed by atoms with Crippen molar-refractivity contribution in [2.45, 2.75) is 32.4 Å². The van der Waals surface area contributed by atoms with E-state index in [4.69, 9.17) is 21.1 Å². The van der Waals surface area contributed by atoms with Crippen LogP contribution in [0.25, 0.3) is 0 Å². The van der Waals surface area contributed by atoms with Crippen LogP contribution in [0.5, 0.6) is 5.75 Å². The molecule has 6 heteroatoms. The Morgan fingerprint density at radius 3 is 3.00 bits per heavy atom. The van der Waals surface area contributed by atoms with Crippen LogP contribution in [0.4, 0.5) is 0 Å². The van der Waals surface area contributed by atoms with E-state index in [1.807, 2.05) is 17.9 Å². The van der Waals surface area contributed by atoms with Crippen molar-refractivity contribution in [3.05, 3.63) is 27.7 Å². The third-order valence-electron chi connectivity index (χ3n) is 3.50. The first-order valence-electron chi connectivity index (χ1n) is 7.00. The van der Waals surface area contributed by atoms with Gasteiger partial charge in [-0.3, -0.25) is 4.79 Å². The molecule has 0 N–H and O–H groups in total. The third kappa shape index (κ3) is 4.34. The first-order chi connectivity index (χ1) is 10.0. The van der Waals surface area contributed by atoms with Gasteiger partial charge in [0.2, 0.25) is 0 Å². The Labute approximate surface area is 138 Å². The van der Waals surface area contributed by atoms with Crippen LogP contribution in [-0.4, -0.2) is 42.7 Å². The maximum absolute atomic E-state index is 12.4. The molecule has 0 aromatic heterocycles. The van der Waals surface area contributed by atoms with E-state index in [-0.39, 0.29) is 24.7 Å². The van der Waals surface area contributed by atoms with E-state index < -0.39 is 0 Å². The smallest absolute Gasteiger partial charge is 0.260 e. The molecule has 1 aromatic rings. The fourth-order valence-corrected chi connectivity index (χ4v) is 3.03. The van der Waals surface area contributed by atoms with Gasteiger partial charge in [-0.05, 0) is 31.5 Å². The number of hydrogen-bond donors (Lipinski definition) is 0. The lowest BCUT2D eigenvalue weighted by Gasteiger charge is -2.38. The van der Waals surface area contributed by atoms with Gasteiger partial charge in [-0.25, -0.2) is 0 Å². The van der Waals surface area contributed by atoms with Crippen molar-refractivity contribution in [3.63, 3.8) is 0 Å². The quantitative estimate of drug-likeness (QED) is 0.807. The van der Waals surface area contributed by atoms with Crippen molar-refractivity contribution < 1.29 is 14.3 Å². The monoisotopic (exact) mass is 375 g/mol. The second-order valence-corrected chi connectivity index (χ2v) is 6.44. The summed E-state index contributed by atoms with van der Waals surface area (Å²) in [6.07, 6.45) is 0.935. The van der Waals surface area contributed by atoms with Crippen molar-refractivity contribution in [1.82, 2.24) is 4.90 Å². The summed E-state index contributed by atoms with van der Waals surface area (Å²) in [7, 11) is 0. The molecule has 1 heterocycles. The van der Waals surface area contributed by atoms with E-state index in [1.54, 1.807) is 12.1 Å². The van der Waals surface area contributed by atoms with Gasteiger partial charge in [0.15, 0.2) is 6.61 Å². The molecule has 1 aliphatic rings. The van der Waals surface area contributed by atoms with Gasteiger partial charge >= 0.3 is 0 Å². The van der Waals surface area contributed by atoms with Crippen molar-refractivity contribution in [1.29, 1.82) is 0 Å². The fourth-order valence-electron chi connectivity index (χ4n) is 2.30. The molecule has 1 aromatic carbocycles. The second-order valence-electron chi connectivity index (χ2n) is 5.12. The summed E-state index contributed by atoms with van der Waals surface area (Å²) in [5, 5.41) is 0.486. The molecule has 1 fully saturated rings. The Morgan fingerprint density at radius 2 is 2.33 bits per heavy atom. The molecule has 0 unspecified atom stereocenters. The summed E-state index contributed by atoms with van der Waals surface area (Å²) in [4.78, 5) is 14.2. The average Bonchev–Trinajstić information content (AvgIpc) is 2.46. The summed E-state index contributed by atoms with van der Waals surface area (Å²) in [5.74, 6) is 0.485. The highest BCUT2D eigenvalue weighted by atomic mass is 79.9. The van der Waals surface area contributed by atoms with E-state index in [2.05, 4.69) is 22.9 Å². The zero-order chi connectivity index (χ0) is 15.4. The zero-order valence-corrected chi connectivity index (χ0v) is 14.5. The van der Waals surface area contributed by atoms with Gasteiger partial charge in [0.1, 0.15) is 5.75 Å². The van der Waals surface area contributed by atoms with Crippen molar-refractivity contribution in [3.8, 4) is 5.75 Å². The zero-order valence-electron chi connectivity index (χ0n) is 12.1. The highest BCUT2D eigenvalue weighted by Gasteiger charge is 2.29. The van der Waals surface area contributed by atoms with Crippen LogP contribution in [0.2, 0.25) is 5.02 Å². The minimum atomic E-state index is -0.0315. The van der Waals surface area contributed by atoms with Gasteiger partial charge in [-0.2, -0.15) is 0 Å². The van der Waals surface area contributed by atoms with Gasteiger partial charge in [0.05, 0.1) is 23.8 Å². The Kier molecular flexibility index (Phi) is 5.90. The normalized spacial score (nSPS) is 22.2. The first-order valence-corrected chi connectivity index (χ1v) is 8.17. The van der Waals surface area contributed by atoms with Crippen LogP contribution in [0.15, 0.2) is 22.7 Å². The van der Waals surface area contributed by atoms with Crippen LogP contribution < -0.4 is 4.74 Å². The van der Waals surface area contributed by atoms with Crippen molar-refractivity contribution in [2.75, 3.05) is 19.8 Å². The van der Waals surface area contributed by atoms with Gasteiger partial charge in [0, 0.05) is 11.0 Å². The molecule has 21 heavy (non-hydrogen) atoms. The highest BCUT2D eigenvalue weighted by molar-refractivity contribution is 9.10. The Bertz CT molecular complexity index is 512. The van der Waals surface area contributed by atoms with E-state index in [0.717, 1.165) is 10.9 Å². The van der Waals surface area contributed by atoms with Gasteiger partial charge < -0.3 is 14.4 Å². The second kappa shape index (κ2) is 7.47. The van der Waals surface area contributed by atoms with Crippen LogP contribution in [-0.2, 0) is 9.53 Å². The maximum Gasteiger partial charge on any atom is 0.260 e. The maximum atomic E-state index is 12.4. The molecule has 116 valence electrons. The van der Waals surface area contributed by atoms with E-state index >= 15 is 0 Å². The Balaban J connectivity index is 1.96. The molecule has 0 bridgehead atoms. The van der Waals surface area contributed by atoms with Crippen LogP contribution in [0.3, 0.4) is 0 Å². The number of ether oxygens (including phenoxy) is 2. The molecular formula is C15H19BrClNO3. The van der Waals surface area contributed by atoms with E-state index in [1.165, 1.54) is 0 Å². The molecule has 0 spiro atoms. The summed E-state index contributed by atoms with van der Waals surface area (Å²) in [5.41, 5.74) is 0. The van der Waals surface area contributed by atoms with Crippen LogP contribution in [0, 0.1) is 0 Å². The number of benzene rings is 1. The van der Waals surface area contributed by atoms with Crippen molar-refractivity contribution in [2.24, 2.45) is 0 Å². The number of halogens is 2. The molecule has 2 rings (SSSR count). The number of carbonyl (C=O) groups is 1. The van der Waals surface area contributed by atoms with Gasteiger partial charge in [-0.1, -0.05) is 34.5 Å². The summed E-state index contributed by atoms with van der Waals surface area (Å²) < 4.78 is 12.0. The predicted molar refractivity (Wildman–Crippen MR) is 85.9 cm³/mol. The number of nitrogens with zero attached hydrogens (tertiary/aromatic N) is 1. The van der Waals surface area contributed by atoms with Crippen LogP contribution >= 0.6 is 27.5 Å². The van der Waals surface area contributed by atoms with Crippen molar-refractivity contribution >= 4 is 33.4 Å². The number of rotatable bonds is 4. The SMILES string of the molecule is CC[C@@H]1CO[C@H](C)CN1C(=O)COc1ccc(Br)cc1Cl. The van der Waals surface area contributed by atoms with Gasteiger partial charge in [0.25, 0.3) is 5.91 Å². The lowest BCUT2D eigenvalue weighted by Crippen LogP contribution is -2.52. The molecule has 0 radical (unpaired) electrons. The third-order valence-corrected chi connectivity index (χ3v) is 4.29. The lowest BCUT2D eigenvalue weighted by molar-refractivity contribution is -0.146. The molecule has 1 amide bonds. The average molecular weight is 377 g/mol. The first kappa shape index (κ1) is 16.6. The summed E-state index contributed by atoms with van der Waals surface area (Å²) in [6, 6.07) is 5.45. The van der Waals surface area contributed by atoms with E-state index in [0.29, 0.717) is 23.9 Å². The number of amides is 1. The Hall–Kier alpha value is -0.780. The largest absolute Gasteiger partial charge is 0.482 e. The molecule has 4 nitrogen and oxygen atoms in total. The number of morpholine rings is 1. The summed E-state index contributed by atoms with van der Waals surface area (Å²) in [6.45, 7) is 5.21. The minimum Gasteiger partial charge on any atom is -0.482 e. The fraction of sp³-hybridized carbons (Fsp3) is 0.533. The van der Waals surface area contributed by atoms with Gasteiger partial charge in [-0.15, -0.1) is 0 Å². The molecule has 1 aliphatic heterocycles. The molecule has 1 saturated heterocycles. The summed E-state index contributed by atoms with van der Waals surface area (Å²) >= 11 is 9.41. The number of carbonyl (C=O) groups excluding carboxylic acids is 1. The molecule has 0 saturated carbocycles. The van der Waals surface area contributed by atoms with E-state index in [9.17, 15) is 4.79 Å². The topological polar surface area (TPSA) is 38.8 Å². The highest BCUT2D eigenvalue weighted by Crippen LogP contribution is 2.27. The predicted octanol–water partition coefficient (Wildman–Crippen LogP) is 3.51. The Morgan fingerprint density at radius 1 is 1.57 bits per heavy atom. The molecule has 0 aliphatic carbocycles. The number of hydrogen-bond acceptors (Lipinski definition) is 3. The van der Waals surface area contributed by atoms with Crippen LogP contribution in [0.1, 0.15) is 20.3 Å².